The van der Waals surface area contributed by atoms with Crippen molar-refractivity contribution in [2.45, 2.75) is 6.61 Å². The summed E-state index contributed by atoms with van der Waals surface area (Å²) in [6.07, 6.45) is 1.73. The van der Waals surface area contributed by atoms with Gasteiger partial charge in [0.05, 0.1) is 5.56 Å². The average Bonchev–Trinajstić information content (AvgIpc) is 3.00. The minimum absolute atomic E-state index is 0.312. The van der Waals surface area contributed by atoms with Crippen molar-refractivity contribution in [3.8, 4) is 16.3 Å². The van der Waals surface area contributed by atoms with Gasteiger partial charge in [0.15, 0.2) is 0 Å². The van der Waals surface area contributed by atoms with E-state index in [1.807, 2.05) is 35.7 Å². The van der Waals surface area contributed by atoms with Gasteiger partial charge in [0, 0.05) is 17.6 Å². The lowest BCUT2D eigenvalue weighted by Crippen LogP contribution is -1.97. The Balaban J connectivity index is 1.87. The summed E-state index contributed by atoms with van der Waals surface area (Å²) in [5.74, 6) is 0.206. The van der Waals surface area contributed by atoms with Crippen molar-refractivity contribution >= 4 is 11.3 Å². The molecule has 1 aromatic heterocycles. The van der Waals surface area contributed by atoms with Crippen LogP contribution in [0.3, 0.4) is 0 Å². The normalized spacial score (nSPS) is 10.4. The average molecular weight is 285 g/mol. The summed E-state index contributed by atoms with van der Waals surface area (Å²) in [6.45, 7) is 0.405. The maximum atomic E-state index is 13.4. The Bertz CT molecular complexity index is 683. The largest absolute Gasteiger partial charge is 0.488 e. The Hall–Kier alpha value is -2.20. The van der Waals surface area contributed by atoms with Gasteiger partial charge >= 0.3 is 0 Å². The van der Waals surface area contributed by atoms with E-state index in [4.69, 9.17) is 4.74 Å². The van der Waals surface area contributed by atoms with Crippen LogP contribution in [0.5, 0.6) is 5.75 Å². The van der Waals surface area contributed by atoms with Gasteiger partial charge in [-0.3, -0.25) is 0 Å². The molecule has 4 heteroatoms. The molecule has 0 bridgehead atoms. The second kappa shape index (κ2) is 5.84. The van der Waals surface area contributed by atoms with Crippen LogP contribution >= 0.6 is 11.3 Å². The summed E-state index contributed by atoms with van der Waals surface area (Å²) >= 11 is 1.50. The van der Waals surface area contributed by atoms with E-state index < -0.39 is 0 Å². The molecule has 0 fully saturated rings. The summed E-state index contributed by atoms with van der Waals surface area (Å²) in [5.41, 5.74) is 1.86. The first kappa shape index (κ1) is 12.8. The second-order valence-corrected chi connectivity index (χ2v) is 5.15. The van der Waals surface area contributed by atoms with Gasteiger partial charge in [0.25, 0.3) is 0 Å². The highest BCUT2D eigenvalue weighted by molar-refractivity contribution is 7.13. The third-order valence-corrected chi connectivity index (χ3v) is 3.65. The molecule has 100 valence electrons. The number of hydrogen-bond donors (Lipinski definition) is 0. The Morgan fingerprint density at radius 1 is 1.10 bits per heavy atom. The minimum Gasteiger partial charge on any atom is -0.488 e. The molecule has 0 spiro atoms. The van der Waals surface area contributed by atoms with Crippen molar-refractivity contribution in [2.75, 3.05) is 0 Å². The van der Waals surface area contributed by atoms with E-state index in [9.17, 15) is 4.39 Å². The van der Waals surface area contributed by atoms with Crippen molar-refractivity contribution in [1.82, 2.24) is 4.98 Å². The lowest BCUT2D eigenvalue weighted by atomic mass is 10.2. The number of thiazole rings is 1. The van der Waals surface area contributed by atoms with Crippen LogP contribution in [0.15, 0.2) is 60.1 Å². The predicted molar refractivity (Wildman–Crippen MR) is 78.3 cm³/mol. The van der Waals surface area contributed by atoms with Crippen LogP contribution in [0.2, 0.25) is 0 Å². The highest BCUT2D eigenvalue weighted by Crippen LogP contribution is 2.32. The fraction of sp³-hybridized carbons (Fsp3) is 0.0625. The second-order valence-electron chi connectivity index (χ2n) is 4.25. The lowest BCUT2D eigenvalue weighted by Gasteiger charge is -2.10. The number of ether oxygens (including phenoxy) is 1. The molecule has 0 saturated carbocycles. The first-order valence-corrected chi connectivity index (χ1v) is 7.07. The number of hydrogen-bond acceptors (Lipinski definition) is 3. The zero-order chi connectivity index (χ0) is 13.8. The highest BCUT2D eigenvalue weighted by Gasteiger charge is 2.10. The first-order valence-electron chi connectivity index (χ1n) is 6.19. The zero-order valence-corrected chi connectivity index (χ0v) is 11.4. The highest BCUT2D eigenvalue weighted by atomic mass is 32.1. The molecule has 1 heterocycles. The van der Waals surface area contributed by atoms with Crippen LogP contribution in [0, 0.1) is 5.82 Å². The van der Waals surface area contributed by atoms with Gasteiger partial charge in [-0.05, 0) is 17.7 Å². The van der Waals surface area contributed by atoms with Crippen molar-refractivity contribution in [3.63, 3.8) is 0 Å². The molecule has 0 aliphatic heterocycles. The van der Waals surface area contributed by atoms with Crippen molar-refractivity contribution < 1.29 is 9.13 Å². The van der Waals surface area contributed by atoms with Crippen LogP contribution < -0.4 is 4.74 Å². The van der Waals surface area contributed by atoms with Gasteiger partial charge in [-0.2, -0.15) is 0 Å². The SMILES string of the molecule is Fc1ccc(-c2nccs2)c(OCc2ccccc2)c1. The molecule has 3 rings (SSSR count). The Kier molecular flexibility index (Phi) is 3.74. The Morgan fingerprint density at radius 3 is 2.70 bits per heavy atom. The maximum absolute atomic E-state index is 13.4. The molecule has 0 saturated heterocycles. The van der Waals surface area contributed by atoms with Crippen molar-refractivity contribution in [2.24, 2.45) is 0 Å². The lowest BCUT2D eigenvalue weighted by molar-refractivity contribution is 0.306. The minimum atomic E-state index is -0.312. The van der Waals surface area contributed by atoms with Crippen LogP contribution in [0.25, 0.3) is 10.6 Å². The van der Waals surface area contributed by atoms with Gasteiger partial charge in [0.2, 0.25) is 0 Å². The van der Waals surface area contributed by atoms with Crippen LogP contribution in [-0.4, -0.2) is 4.98 Å². The molecule has 0 radical (unpaired) electrons. The fourth-order valence-electron chi connectivity index (χ4n) is 1.88. The Labute approximate surface area is 120 Å². The van der Waals surface area contributed by atoms with E-state index in [-0.39, 0.29) is 5.82 Å². The van der Waals surface area contributed by atoms with E-state index in [0.29, 0.717) is 12.4 Å². The number of rotatable bonds is 4. The summed E-state index contributed by atoms with van der Waals surface area (Å²) < 4.78 is 19.2. The van der Waals surface area contributed by atoms with Gasteiger partial charge in [-0.1, -0.05) is 30.3 Å². The quantitative estimate of drug-likeness (QED) is 0.702. The molecular weight excluding hydrogens is 273 g/mol. The van der Waals surface area contributed by atoms with Gasteiger partial charge in [0.1, 0.15) is 23.2 Å². The number of aromatic nitrogens is 1. The molecule has 0 aliphatic rings. The molecule has 20 heavy (non-hydrogen) atoms. The van der Waals surface area contributed by atoms with Gasteiger partial charge in [-0.15, -0.1) is 11.3 Å². The Morgan fingerprint density at radius 2 is 1.95 bits per heavy atom. The molecule has 3 aromatic rings. The summed E-state index contributed by atoms with van der Waals surface area (Å²) in [7, 11) is 0. The van der Waals surface area contributed by atoms with Crippen LogP contribution in [0.4, 0.5) is 4.39 Å². The van der Waals surface area contributed by atoms with E-state index in [2.05, 4.69) is 4.98 Å². The van der Waals surface area contributed by atoms with Crippen LogP contribution in [0.1, 0.15) is 5.56 Å². The van der Waals surface area contributed by atoms with Crippen LogP contribution in [-0.2, 0) is 6.61 Å². The number of nitrogens with zero attached hydrogens (tertiary/aromatic N) is 1. The number of halogens is 1. The topological polar surface area (TPSA) is 22.1 Å². The molecular formula is C16H12FNOS. The fourth-order valence-corrected chi connectivity index (χ4v) is 2.55. The molecule has 0 atom stereocenters. The van der Waals surface area contributed by atoms with E-state index in [1.54, 1.807) is 12.3 Å². The van der Waals surface area contributed by atoms with E-state index >= 15 is 0 Å². The maximum Gasteiger partial charge on any atom is 0.132 e. The predicted octanol–water partition coefficient (Wildman–Crippen LogP) is 4.53. The molecule has 2 aromatic carbocycles. The standard InChI is InChI=1S/C16H12FNOS/c17-13-6-7-14(16-18-8-9-20-16)15(10-13)19-11-12-4-2-1-3-5-12/h1-10H,11H2. The monoisotopic (exact) mass is 285 g/mol. The summed E-state index contributed by atoms with van der Waals surface area (Å²) in [4.78, 5) is 4.25. The van der Waals surface area contributed by atoms with E-state index in [0.717, 1.165) is 16.1 Å². The number of benzene rings is 2. The summed E-state index contributed by atoms with van der Waals surface area (Å²) in [5, 5.41) is 2.72. The third kappa shape index (κ3) is 2.86. The first-order chi connectivity index (χ1) is 9.83. The molecule has 0 unspecified atom stereocenters. The summed E-state index contributed by atoms with van der Waals surface area (Å²) in [6, 6.07) is 14.3. The molecule has 2 nitrogen and oxygen atoms in total. The molecule has 0 aliphatic carbocycles. The smallest absolute Gasteiger partial charge is 0.132 e. The molecule has 0 N–H and O–H groups in total. The molecule has 0 amide bonds. The zero-order valence-electron chi connectivity index (χ0n) is 10.6. The van der Waals surface area contributed by atoms with Gasteiger partial charge < -0.3 is 4.74 Å². The van der Waals surface area contributed by atoms with E-state index in [1.165, 1.54) is 23.5 Å². The van der Waals surface area contributed by atoms with Crippen molar-refractivity contribution in [3.05, 3.63) is 71.5 Å². The van der Waals surface area contributed by atoms with Gasteiger partial charge in [-0.25, -0.2) is 9.37 Å². The third-order valence-electron chi connectivity index (χ3n) is 2.84. The van der Waals surface area contributed by atoms with Crippen molar-refractivity contribution in [1.29, 1.82) is 0 Å².